The van der Waals surface area contributed by atoms with Crippen molar-refractivity contribution in [1.82, 2.24) is 0 Å². The van der Waals surface area contributed by atoms with E-state index in [4.69, 9.17) is 5.73 Å². The number of nitrogen functional groups attached to an aromatic ring is 1. The van der Waals surface area contributed by atoms with Crippen LogP contribution in [0.15, 0.2) is 46.9 Å². The van der Waals surface area contributed by atoms with Crippen LogP contribution in [0.1, 0.15) is 15.9 Å². The number of anilines is 1. The number of carbonyl (C=O) groups is 1. The quantitative estimate of drug-likeness (QED) is 0.466. The predicted octanol–water partition coefficient (Wildman–Crippen LogP) is 4.06. The summed E-state index contributed by atoms with van der Waals surface area (Å²) in [4.78, 5) is 12.2. The minimum atomic E-state index is 0.0370. The topological polar surface area (TPSA) is 43.1 Å². The van der Waals surface area contributed by atoms with Crippen molar-refractivity contribution < 1.29 is 4.79 Å². The molecule has 0 aliphatic rings. The zero-order valence-electron chi connectivity index (χ0n) is 9.49. The molecular formula is C14H11BrINO. The van der Waals surface area contributed by atoms with Crippen LogP contribution < -0.4 is 5.73 Å². The number of hydrogen-bond acceptors (Lipinski definition) is 2. The molecule has 2 aromatic carbocycles. The van der Waals surface area contributed by atoms with Gasteiger partial charge in [-0.15, -0.1) is 0 Å². The van der Waals surface area contributed by atoms with E-state index in [1.165, 1.54) is 0 Å². The summed E-state index contributed by atoms with van der Waals surface area (Å²) < 4.78 is 2.02. The number of halogens is 2. The third-order valence-corrected chi connectivity index (χ3v) is 3.81. The smallest absolute Gasteiger partial charge is 0.169 e. The van der Waals surface area contributed by atoms with Gasteiger partial charge in [0.05, 0.1) is 0 Å². The number of Topliss-reactive ketones (excluding diaryl/α,β-unsaturated/α-hetero) is 1. The molecule has 0 radical (unpaired) electrons. The van der Waals surface area contributed by atoms with Crippen LogP contribution in [0.5, 0.6) is 0 Å². The molecule has 2 nitrogen and oxygen atoms in total. The molecule has 0 saturated carbocycles. The van der Waals surface area contributed by atoms with E-state index in [9.17, 15) is 4.79 Å². The first-order chi connectivity index (χ1) is 8.56. The number of ketones is 1. The summed E-state index contributed by atoms with van der Waals surface area (Å²) in [6, 6.07) is 13.3. The molecule has 0 saturated heterocycles. The van der Waals surface area contributed by atoms with Gasteiger partial charge >= 0.3 is 0 Å². The van der Waals surface area contributed by atoms with Crippen molar-refractivity contribution in [1.29, 1.82) is 0 Å². The molecule has 0 atom stereocenters. The highest BCUT2D eigenvalue weighted by atomic mass is 127. The van der Waals surface area contributed by atoms with Crippen molar-refractivity contribution in [3.63, 3.8) is 0 Å². The van der Waals surface area contributed by atoms with Crippen LogP contribution in [0.2, 0.25) is 0 Å². The van der Waals surface area contributed by atoms with Gasteiger partial charge in [0.15, 0.2) is 5.78 Å². The Bertz CT molecular complexity index is 581. The monoisotopic (exact) mass is 415 g/mol. The molecule has 0 spiro atoms. The Balaban J connectivity index is 2.21. The summed E-state index contributed by atoms with van der Waals surface area (Å²) in [5.74, 6) is 0.0370. The largest absolute Gasteiger partial charge is 0.398 e. The van der Waals surface area contributed by atoms with E-state index < -0.39 is 0 Å². The average molecular weight is 416 g/mol. The Kier molecular flexibility index (Phi) is 4.40. The van der Waals surface area contributed by atoms with E-state index in [1.807, 2.05) is 30.3 Å². The van der Waals surface area contributed by atoms with Crippen molar-refractivity contribution in [3.8, 4) is 0 Å². The van der Waals surface area contributed by atoms with Gasteiger partial charge in [-0.05, 0) is 58.5 Å². The number of rotatable bonds is 3. The highest BCUT2D eigenvalue weighted by Gasteiger charge is 2.11. The SMILES string of the molecule is Nc1ccc(Br)cc1C(=O)Cc1ccc(I)cc1. The fourth-order valence-corrected chi connectivity index (χ4v) is 2.37. The Labute approximate surface area is 128 Å². The van der Waals surface area contributed by atoms with Gasteiger partial charge in [0.1, 0.15) is 0 Å². The summed E-state index contributed by atoms with van der Waals surface area (Å²) in [5.41, 5.74) is 7.92. The maximum absolute atomic E-state index is 12.2. The minimum Gasteiger partial charge on any atom is -0.398 e. The molecule has 0 unspecified atom stereocenters. The van der Waals surface area contributed by atoms with Gasteiger partial charge < -0.3 is 5.73 Å². The minimum absolute atomic E-state index is 0.0370. The maximum Gasteiger partial charge on any atom is 0.169 e. The van der Waals surface area contributed by atoms with Gasteiger partial charge in [-0.1, -0.05) is 28.1 Å². The Morgan fingerprint density at radius 1 is 1.17 bits per heavy atom. The number of nitrogens with two attached hydrogens (primary N) is 1. The third-order valence-electron chi connectivity index (χ3n) is 2.59. The Morgan fingerprint density at radius 3 is 2.50 bits per heavy atom. The summed E-state index contributed by atoms with van der Waals surface area (Å²) in [7, 11) is 0. The predicted molar refractivity (Wildman–Crippen MR) is 85.7 cm³/mol. The van der Waals surface area contributed by atoms with Crippen LogP contribution in [0.3, 0.4) is 0 Å². The molecular weight excluding hydrogens is 405 g/mol. The van der Waals surface area contributed by atoms with Gasteiger partial charge in [-0.3, -0.25) is 4.79 Å². The number of benzene rings is 2. The highest BCUT2D eigenvalue weighted by molar-refractivity contribution is 14.1. The molecule has 0 aliphatic carbocycles. The van der Waals surface area contributed by atoms with Gasteiger partial charge in [0.2, 0.25) is 0 Å². The van der Waals surface area contributed by atoms with Gasteiger partial charge in [-0.25, -0.2) is 0 Å². The average Bonchev–Trinajstić information content (AvgIpc) is 2.35. The molecule has 0 aliphatic heterocycles. The zero-order valence-corrected chi connectivity index (χ0v) is 13.2. The van der Waals surface area contributed by atoms with E-state index in [0.29, 0.717) is 17.7 Å². The number of carbonyl (C=O) groups excluding carboxylic acids is 1. The number of hydrogen-bond donors (Lipinski definition) is 1. The third kappa shape index (κ3) is 3.32. The Morgan fingerprint density at radius 2 is 1.83 bits per heavy atom. The van der Waals surface area contributed by atoms with Gasteiger partial charge in [0.25, 0.3) is 0 Å². The molecule has 2 rings (SSSR count). The molecule has 0 fully saturated rings. The zero-order chi connectivity index (χ0) is 13.1. The maximum atomic E-state index is 12.2. The van der Waals surface area contributed by atoms with Crippen molar-refractivity contribution in [2.75, 3.05) is 5.73 Å². The molecule has 0 aromatic heterocycles. The van der Waals surface area contributed by atoms with Crippen molar-refractivity contribution in [2.45, 2.75) is 6.42 Å². The van der Waals surface area contributed by atoms with Crippen LogP contribution in [0.25, 0.3) is 0 Å². The van der Waals surface area contributed by atoms with E-state index in [-0.39, 0.29) is 5.78 Å². The first-order valence-electron chi connectivity index (χ1n) is 5.39. The lowest BCUT2D eigenvalue weighted by molar-refractivity contribution is 0.0994. The molecule has 0 bridgehead atoms. The van der Waals surface area contributed by atoms with E-state index in [0.717, 1.165) is 13.6 Å². The summed E-state index contributed by atoms with van der Waals surface area (Å²) in [6.07, 6.45) is 0.373. The fourth-order valence-electron chi connectivity index (χ4n) is 1.65. The van der Waals surface area contributed by atoms with Crippen molar-refractivity contribution >= 4 is 50.0 Å². The second-order valence-corrected chi connectivity index (χ2v) is 6.12. The molecule has 0 amide bonds. The van der Waals surface area contributed by atoms with E-state index in [2.05, 4.69) is 38.5 Å². The lowest BCUT2D eigenvalue weighted by atomic mass is 10.0. The molecule has 2 aromatic rings. The second-order valence-electron chi connectivity index (χ2n) is 3.96. The van der Waals surface area contributed by atoms with Crippen molar-refractivity contribution in [2.24, 2.45) is 0 Å². The van der Waals surface area contributed by atoms with E-state index >= 15 is 0 Å². The molecule has 18 heavy (non-hydrogen) atoms. The van der Waals surface area contributed by atoms with Crippen LogP contribution >= 0.6 is 38.5 Å². The Hall–Kier alpha value is -0.880. The van der Waals surface area contributed by atoms with Crippen molar-refractivity contribution in [3.05, 3.63) is 61.6 Å². The van der Waals surface area contributed by atoms with Crippen LogP contribution in [-0.4, -0.2) is 5.78 Å². The molecule has 92 valence electrons. The molecule has 0 heterocycles. The van der Waals surface area contributed by atoms with Gasteiger partial charge in [0, 0.05) is 25.7 Å². The lowest BCUT2D eigenvalue weighted by Gasteiger charge is -2.06. The lowest BCUT2D eigenvalue weighted by Crippen LogP contribution is -2.07. The fraction of sp³-hybridized carbons (Fsp3) is 0.0714. The second kappa shape index (κ2) is 5.84. The van der Waals surface area contributed by atoms with Crippen LogP contribution in [-0.2, 0) is 6.42 Å². The first-order valence-corrected chi connectivity index (χ1v) is 7.26. The first kappa shape index (κ1) is 13.5. The van der Waals surface area contributed by atoms with Crippen LogP contribution in [0.4, 0.5) is 5.69 Å². The normalized spacial score (nSPS) is 10.3. The highest BCUT2D eigenvalue weighted by Crippen LogP contribution is 2.20. The van der Waals surface area contributed by atoms with Crippen LogP contribution in [0, 0.1) is 3.57 Å². The standard InChI is InChI=1S/C14H11BrINO/c15-10-3-6-13(17)12(8-10)14(18)7-9-1-4-11(16)5-2-9/h1-6,8H,7,17H2. The summed E-state index contributed by atoms with van der Waals surface area (Å²) in [6.45, 7) is 0. The summed E-state index contributed by atoms with van der Waals surface area (Å²) in [5, 5.41) is 0. The molecule has 4 heteroatoms. The molecule has 2 N–H and O–H groups in total. The van der Waals surface area contributed by atoms with E-state index in [1.54, 1.807) is 12.1 Å². The van der Waals surface area contributed by atoms with Gasteiger partial charge in [-0.2, -0.15) is 0 Å². The summed E-state index contributed by atoms with van der Waals surface area (Å²) >= 11 is 5.59.